The minimum absolute atomic E-state index is 0.861. The number of para-hydroxylation sites is 6. The van der Waals surface area contributed by atoms with Crippen LogP contribution in [0.2, 0.25) is 0 Å². The SMILES string of the molecule is C1=Cc2c(n(-c3ccc(-n4c5ccccc5c5ccc6c7ccccc7n(-c7ccccc7)c6c54)cc3)c3ccccc23)-c2c(c3ccccc3n2-c2ccccc2)C1. The average Bonchev–Trinajstić information content (AvgIpc) is 3.99. The van der Waals surface area contributed by atoms with Crippen LogP contribution in [0.1, 0.15) is 11.1 Å². The quantitative estimate of drug-likeness (QED) is 0.171. The van der Waals surface area contributed by atoms with Crippen molar-refractivity contribution in [3.05, 3.63) is 211 Å². The van der Waals surface area contributed by atoms with Gasteiger partial charge in [0.1, 0.15) is 0 Å². The minimum Gasteiger partial charge on any atom is -0.307 e. The Balaban J connectivity index is 1.09. The second-order valence-electron chi connectivity index (χ2n) is 15.7. The molecular formula is C55H36N4. The Bertz CT molecular complexity index is 3670. The average molecular weight is 753 g/mol. The van der Waals surface area contributed by atoms with Crippen LogP contribution in [0.4, 0.5) is 0 Å². The van der Waals surface area contributed by atoms with Crippen LogP contribution in [0.15, 0.2) is 200 Å². The lowest BCUT2D eigenvalue weighted by molar-refractivity contribution is 1.06. The van der Waals surface area contributed by atoms with E-state index in [0.717, 1.165) is 29.2 Å². The van der Waals surface area contributed by atoms with Gasteiger partial charge in [0.05, 0.1) is 44.5 Å². The predicted octanol–water partition coefficient (Wildman–Crippen LogP) is 14.0. The number of aromatic nitrogens is 4. The van der Waals surface area contributed by atoms with Gasteiger partial charge in [-0.3, -0.25) is 0 Å². The third-order valence-corrected chi connectivity index (χ3v) is 12.6. The highest BCUT2D eigenvalue weighted by molar-refractivity contribution is 6.23. The number of rotatable bonds is 4. The molecule has 276 valence electrons. The molecule has 59 heavy (non-hydrogen) atoms. The van der Waals surface area contributed by atoms with Crippen LogP contribution >= 0.6 is 0 Å². The Morgan fingerprint density at radius 3 is 1.24 bits per heavy atom. The molecule has 0 radical (unpaired) electrons. The zero-order valence-corrected chi connectivity index (χ0v) is 32.1. The molecule has 13 rings (SSSR count). The topological polar surface area (TPSA) is 19.7 Å². The standard InChI is InChI=1S/C55H36N4/c1-3-16-36(17-4-1)56-48-26-11-7-20-40(48)44-24-15-25-45-41-21-8-12-27-49(41)58(53(45)52(44)56)38-30-32-39(33-31-38)59-51-29-14-10-23-43(51)47-35-34-46-42-22-9-13-28-50(42)57(54(46)55(47)59)37-18-5-2-6-19-37/h1-23,25-35H,24H2. The van der Waals surface area contributed by atoms with Gasteiger partial charge >= 0.3 is 0 Å². The maximum atomic E-state index is 2.50. The minimum atomic E-state index is 0.861. The van der Waals surface area contributed by atoms with Crippen molar-refractivity contribution in [2.45, 2.75) is 6.42 Å². The van der Waals surface area contributed by atoms with Gasteiger partial charge in [-0.15, -0.1) is 0 Å². The van der Waals surface area contributed by atoms with E-state index in [9.17, 15) is 0 Å². The summed E-state index contributed by atoms with van der Waals surface area (Å²) in [4.78, 5) is 0. The summed E-state index contributed by atoms with van der Waals surface area (Å²) in [6.07, 6.45) is 5.56. The van der Waals surface area contributed by atoms with Crippen molar-refractivity contribution in [1.82, 2.24) is 18.3 Å². The molecule has 0 fully saturated rings. The lowest BCUT2D eigenvalue weighted by Gasteiger charge is -2.17. The molecule has 0 spiro atoms. The highest BCUT2D eigenvalue weighted by atomic mass is 15.1. The molecule has 4 heteroatoms. The van der Waals surface area contributed by atoms with E-state index >= 15 is 0 Å². The summed E-state index contributed by atoms with van der Waals surface area (Å²) in [6, 6.07) is 71.0. The molecule has 8 aromatic carbocycles. The molecule has 0 amide bonds. The lowest BCUT2D eigenvalue weighted by atomic mass is 10.1. The normalized spacial score (nSPS) is 12.6. The molecule has 0 aliphatic heterocycles. The van der Waals surface area contributed by atoms with Gasteiger partial charge in [-0.05, 0) is 84.8 Å². The van der Waals surface area contributed by atoms with Crippen LogP contribution in [0.3, 0.4) is 0 Å². The molecule has 0 saturated heterocycles. The van der Waals surface area contributed by atoms with Gasteiger partial charge < -0.3 is 18.3 Å². The molecule has 0 N–H and O–H groups in total. The second kappa shape index (κ2) is 12.3. The summed E-state index contributed by atoms with van der Waals surface area (Å²) in [7, 11) is 0. The maximum Gasteiger partial charge on any atom is 0.0788 e. The number of allylic oxidation sites excluding steroid dienone is 1. The van der Waals surface area contributed by atoms with E-state index in [2.05, 4.69) is 225 Å². The van der Waals surface area contributed by atoms with Crippen molar-refractivity contribution in [3.63, 3.8) is 0 Å². The third-order valence-electron chi connectivity index (χ3n) is 12.6. The van der Waals surface area contributed by atoms with E-state index in [0.29, 0.717) is 0 Å². The lowest BCUT2D eigenvalue weighted by Crippen LogP contribution is -2.04. The first-order chi connectivity index (χ1) is 29.3. The fraction of sp³-hybridized carbons (Fsp3) is 0.0182. The van der Waals surface area contributed by atoms with Crippen LogP contribution in [-0.4, -0.2) is 18.3 Å². The summed E-state index contributed by atoms with van der Waals surface area (Å²) in [5.41, 5.74) is 16.9. The Morgan fingerprint density at radius 2 is 0.678 bits per heavy atom. The molecular weight excluding hydrogens is 717 g/mol. The van der Waals surface area contributed by atoms with Crippen molar-refractivity contribution >= 4 is 71.5 Å². The summed E-state index contributed by atoms with van der Waals surface area (Å²) >= 11 is 0. The predicted molar refractivity (Wildman–Crippen MR) is 247 cm³/mol. The fourth-order valence-electron chi connectivity index (χ4n) is 10.2. The van der Waals surface area contributed by atoms with E-state index in [-0.39, 0.29) is 0 Å². The van der Waals surface area contributed by atoms with Crippen molar-refractivity contribution in [1.29, 1.82) is 0 Å². The molecule has 12 aromatic rings. The summed E-state index contributed by atoms with van der Waals surface area (Å²) < 4.78 is 9.92. The second-order valence-corrected chi connectivity index (χ2v) is 15.7. The molecule has 0 bridgehead atoms. The van der Waals surface area contributed by atoms with Crippen LogP contribution in [-0.2, 0) is 6.42 Å². The molecule has 4 aromatic heterocycles. The number of nitrogens with zero attached hydrogens (tertiary/aromatic N) is 4. The number of fused-ring (bicyclic) bond motifs is 14. The van der Waals surface area contributed by atoms with Crippen molar-refractivity contribution in [3.8, 4) is 34.1 Å². The molecule has 0 atom stereocenters. The van der Waals surface area contributed by atoms with Crippen molar-refractivity contribution in [2.75, 3.05) is 0 Å². The fourth-order valence-corrected chi connectivity index (χ4v) is 10.2. The first-order valence-electron chi connectivity index (χ1n) is 20.4. The van der Waals surface area contributed by atoms with Crippen LogP contribution in [0, 0.1) is 0 Å². The van der Waals surface area contributed by atoms with Gasteiger partial charge in [-0.1, -0.05) is 133 Å². The van der Waals surface area contributed by atoms with Crippen molar-refractivity contribution < 1.29 is 0 Å². The maximum absolute atomic E-state index is 2.50. The van der Waals surface area contributed by atoms with Gasteiger partial charge in [0, 0.05) is 60.6 Å². The van der Waals surface area contributed by atoms with E-state index in [1.165, 1.54) is 87.9 Å². The van der Waals surface area contributed by atoms with E-state index in [1.54, 1.807) is 0 Å². The smallest absolute Gasteiger partial charge is 0.0788 e. The largest absolute Gasteiger partial charge is 0.307 e. The van der Waals surface area contributed by atoms with E-state index in [4.69, 9.17) is 0 Å². The van der Waals surface area contributed by atoms with Gasteiger partial charge in [0.2, 0.25) is 0 Å². The number of hydrogen-bond acceptors (Lipinski definition) is 0. The Morgan fingerprint density at radius 1 is 0.288 bits per heavy atom. The first-order valence-corrected chi connectivity index (χ1v) is 20.4. The van der Waals surface area contributed by atoms with Crippen LogP contribution in [0.5, 0.6) is 0 Å². The first kappa shape index (κ1) is 32.3. The molecule has 1 aliphatic carbocycles. The third kappa shape index (κ3) is 4.48. The Labute approximate surface area is 340 Å². The van der Waals surface area contributed by atoms with Gasteiger partial charge in [0.25, 0.3) is 0 Å². The Hall–Kier alpha value is -7.82. The highest BCUT2D eigenvalue weighted by Crippen LogP contribution is 2.46. The molecule has 4 nitrogen and oxygen atoms in total. The molecule has 0 saturated carbocycles. The summed E-state index contributed by atoms with van der Waals surface area (Å²) in [5, 5.41) is 7.53. The molecule has 1 aliphatic rings. The summed E-state index contributed by atoms with van der Waals surface area (Å²) in [5.74, 6) is 0. The van der Waals surface area contributed by atoms with Gasteiger partial charge in [-0.25, -0.2) is 0 Å². The zero-order valence-electron chi connectivity index (χ0n) is 32.1. The highest BCUT2D eigenvalue weighted by Gasteiger charge is 2.28. The summed E-state index contributed by atoms with van der Waals surface area (Å²) in [6.45, 7) is 0. The van der Waals surface area contributed by atoms with E-state index < -0.39 is 0 Å². The van der Waals surface area contributed by atoms with E-state index in [1.807, 2.05) is 0 Å². The Kier molecular flexibility index (Phi) is 6.75. The van der Waals surface area contributed by atoms with Gasteiger partial charge in [0.15, 0.2) is 0 Å². The molecule has 0 unspecified atom stereocenters. The zero-order chi connectivity index (χ0) is 38.6. The van der Waals surface area contributed by atoms with Crippen LogP contribution in [0.25, 0.3) is 106 Å². The number of hydrogen-bond donors (Lipinski definition) is 0. The number of benzene rings is 8. The van der Waals surface area contributed by atoms with Crippen LogP contribution < -0.4 is 0 Å². The molecule has 4 heterocycles. The monoisotopic (exact) mass is 752 g/mol. The van der Waals surface area contributed by atoms with Gasteiger partial charge in [-0.2, -0.15) is 0 Å². The van der Waals surface area contributed by atoms with Crippen molar-refractivity contribution in [2.24, 2.45) is 0 Å².